The lowest BCUT2D eigenvalue weighted by atomic mass is 10.0. The standard InChI is InChI=1S/C19H31N3O.HI/c1-15(2)23-14-18-9-5-8-17(11-18)12-21-19(20-4)22-10-6-7-16(3)13-22;/h5,8-9,11,15-16H,6-7,10,12-14H2,1-4H3,(H,20,21);1H. The van der Waals surface area contributed by atoms with Crippen LogP contribution in [0.3, 0.4) is 0 Å². The number of guanidine groups is 1. The predicted octanol–water partition coefficient (Wildman–Crippen LogP) is 4.04. The molecule has 0 radical (unpaired) electrons. The van der Waals surface area contributed by atoms with Crippen molar-refractivity contribution in [3.63, 3.8) is 0 Å². The molecule has 1 unspecified atom stereocenters. The van der Waals surface area contributed by atoms with Crippen molar-refractivity contribution < 1.29 is 4.74 Å². The normalized spacial score (nSPS) is 18.5. The molecule has 1 aromatic rings. The number of benzene rings is 1. The van der Waals surface area contributed by atoms with Crippen LogP contribution in [-0.2, 0) is 17.9 Å². The van der Waals surface area contributed by atoms with Gasteiger partial charge in [-0.15, -0.1) is 24.0 Å². The minimum Gasteiger partial charge on any atom is -0.374 e. The number of halogens is 1. The summed E-state index contributed by atoms with van der Waals surface area (Å²) < 4.78 is 5.68. The fourth-order valence-electron chi connectivity index (χ4n) is 2.99. The highest BCUT2D eigenvalue weighted by Crippen LogP contribution is 2.15. The Morgan fingerprint density at radius 1 is 1.38 bits per heavy atom. The summed E-state index contributed by atoms with van der Waals surface area (Å²) in [7, 11) is 1.87. The van der Waals surface area contributed by atoms with E-state index in [0.717, 1.165) is 31.5 Å². The van der Waals surface area contributed by atoms with Gasteiger partial charge in [-0.1, -0.05) is 31.2 Å². The summed E-state index contributed by atoms with van der Waals surface area (Å²) in [6.45, 7) is 10.1. The number of nitrogens with one attached hydrogen (secondary N) is 1. The van der Waals surface area contributed by atoms with Gasteiger partial charge < -0.3 is 15.0 Å². The molecule has 1 aliphatic rings. The Morgan fingerprint density at radius 3 is 2.79 bits per heavy atom. The van der Waals surface area contributed by atoms with Crippen molar-refractivity contribution in [2.45, 2.75) is 52.9 Å². The zero-order chi connectivity index (χ0) is 16.7. The Labute approximate surface area is 164 Å². The lowest BCUT2D eigenvalue weighted by Crippen LogP contribution is -2.45. The third-order valence-electron chi connectivity index (χ3n) is 4.19. The summed E-state index contributed by atoms with van der Waals surface area (Å²) in [5.41, 5.74) is 2.49. The van der Waals surface area contributed by atoms with Crippen LogP contribution in [0.25, 0.3) is 0 Å². The minimum atomic E-state index is 0. The van der Waals surface area contributed by atoms with Crippen molar-refractivity contribution >= 4 is 29.9 Å². The van der Waals surface area contributed by atoms with Crippen LogP contribution in [0.15, 0.2) is 29.3 Å². The Kier molecular flexibility index (Phi) is 9.66. The van der Waals surface area contributed by atoms with E-state index in [4.69, 9.17) is 4.74 Å². The number of likely N-dealkylation sites (tertiary alicyclic amines) is 1. The Hall–Kier alpha value is -0.820. The quantitative estimate of drug-likeness (QED) is 0.423. The van der Waals surface area contributed by atoms with E-state index < -0.39 is 0 Å². The summed E-state index contributed by atoms with van der Waals surface area (Å²) in [6.07, 6.45) is 2.84. The molecular formula is C19H32IN3O. The third kappa shape index (κ3) is 6.97. The van der Waals surface area contributed by atoms with Crippen molar-refractivity contribution in [3.05, 3.63) is 35.4 Å². The van der Waals surface area contributed by atoms with Gasteiger partial charge in [-0.05, 0) is 43.7 Å². The van der Waals surface area contributed by atoms with Crippen LogP contribution in [0, 0.1) is 5.92 Å². The second-order valence-electron chi connectivity index (χ2n) is 6.77. The molecule has 0 aliphatic carbocycles. The van der Waals surface area contributed by atoms with Gasteiger partial charge in [0.2, 0.25) is 0 Å². The summed E-state index contributed by atoms with van der Waals surface area (Å²) in [4.78, 5) is 6.82. The van der Waals surface area contributed by atoms with Crippen LogP contribution in [-0.4, -0.2) is 37.1 Å². The van der Waals surface area contributed by atoms with E-state index in [1.807, 2.05) is 7.05 Å². The molecule has 1 saturated heterocycles. The van der Waals surface area contributed by atoms with Crippen molar-refractivity contribution in [1.29, 1.82) is 0 Å². The molecule has 0 aromatic heterocycles. The molecule has 1 fully saturated rings. The van der Waals surface area contributed by atoms with Gasteiger partial charge in [0, 0.05) is 26.7 Å². The number of ether oxygens (including phenoxy) is 1. The molecule has 0 amide bonds. The molecule has 1 aromatic carbocycles. The Morgan fingerprint density at radius 2 is 2.12 bits per heavy atom. The van der Waals surface area contributed by atoms with Gasteiger partial charge >= 0.3 is 0 Å². The maximum atomic E-state index is 5.68. The first-order valence-electron chi connectivity index (χ1n) is 8.73. The lowest BCUT2D eigenvalue weighted by molar-refractivity contribution is 0.0657. The van der Waals surface area contributed by atoms with E-state index >= 15 is 0 Å². The zero-order valence-electron chi connectivity index (χ0n) is 15.4. The van der Waals surface area contributed by atoms with Crippen LogP contribution in [0.2, 0.25) is 0 Å². The van der Waals surface area contributed by atoms with Crippen LogP contribution in [0.5, 0.6) is 0 Å². The topological polar surface area (TPSA) is 36.9 Å². The molecule has 1 heterocycles. The zero-order valence-corrected chi connectivity index (χ0v) is 17.7. The van der Waals surface area contributed by atoms with Gasteiger partial charge in [-0.3, -0.25) is 4.99 Å². The summed E-state index contributed by atoms with van der Waals surface area (Å²) >= 11 is 0. The van der Waals surface area contributed by atoms with Crippen LogP contribution >= 0.6 is 24.0 Å². The number of rotatable bonds is 5. The fraction of sp³-hybridized carbons (Fsp3) is 0.632. The summed E-state index contributed by atoms with van der Waals surface area (Å²) in [5, 5.41) is 3.50. The van der Waals surface area contributed by atoms with Crippen molar-refractivity contribution in [3.8, 4) is 0 Å². The third-order valence-corrected chi connectivity index (χ3v) is 4.19. The molecule has 1 aliphatic heterocycles. The number of nitrogens with zero attached hydrogens (tertiary/aromatic N) is 2. The van der Waals surface area contributed by atoms with E-state index in [0.29, 0.717) is 6.61 Å². The molecule has 4 nitrogen and oxygen atoms in total. The number of hydrogen-bond donors (Lipinski definition) is 1. The first-order chi connectivity index (χ1) is 11.1. The van der Waals surface area contributed by atoms with Gasteiger partial charge in [-0.2, -0.15) is 0 Å². The van der Waals surface area contributed by atoms with Gasteiger partial charge in [-0.25, -0.2) is 0 Å². The summed E-state index contributed by atoms with van der Waals surface area (Å²) in [6, 6.07) is 8.58. The average Bonchev–Trinajstić information content (AvgIpc) is 2.54. The molecular weight excluding hydrogens is 413 g/mol. The summed E-state index contributed by atoms with van der Waals surface area (Å²) in [5.74, 6) is 1.76. The highest BCUT2D eigenvalue weighted by molar-refractivity contribution is 14.0. The minimum absolute atomic E-state index is 0. The van der Waals surface area contributed by atoms with Gasteiger partial charge in [0.25, 0.3) is 0 Å². The average molecular weight is 445 g/mol. The van der Waals surface area contributed by atoms with E-state index in [9.17, 15) is 0 Å². The van der Waals surface area contributed by atoms with Crippen molar-refractivity contribution in [1.82, 2.24) is 10.2 Å². The smallest absolute Gasteiger partial charge is 0.193 e. The van der Waals surface area contributed by atoms with E-state index in [1.54, 1.807) is 0 Å². The second kappa shape index (κ2) is 10.9. The first-order valence-corrected chi connectivity index (χ1v) is 8.73. The second-order valence-corrected chi connectivity index (χ2v) is 6.77. The molecule has 0 bridgehead atoms. The van der Waals surface area contributed by atoms with E-state index in [1.165, 1.54) is 24.0 Å². The first kappa shape index (κ1) is 21.2. The largest absolute Gasteiger partial charge is 0.374 e. The van der Waals surface area contributed by atoms with Gasteiger partial charge in [0.05, 0.1) is 12.7 Å². The maximum absolute atomic E-state index is 5.68. The van der Waals surface area contributed by atoms with Crippen LogP contribution in [0.1, 0.15) is 44.7 Å². The molecule has 0 saturated carbocycles. The molecule has 2 rings (SSSR count). The highest BCUT2D eigenvalue weighted by atomic mass is 127. The monoisotopic (exact) mass is 445 g/mol. The number of hydrogen-bond acceptors (Lipinski definition) is 2. The number of piperidine rings is 1. The Balaban J connectivity index is 0.00000288. The van der Waals surface area contributed by atoms with Gasteiger partial charge in [0.15, 0.2) is 5.96 Å². The molecule has 5 heteroatoms. The van der Waals surface area contributed by atoms with E-state index in [-0.39, 0.29) is 30.1 Å². The number of aliphatic imine (C=N–C) groups is 1. The molecule has 1 atom stereocenters. The predicted molar refractivity (Wildman–Crippen MR) is 112 cm³/mol. The SMILES string of the molecule is CN=C(NCc1cccc(COC(C)C)c1)N1CCCC(C)C1.I. The van der Waals surface area contributed by atoms with E-state index in [2.05, 4.69) is 60.2 Å². The highest BCUT2D eigenvalue weighted by Gasteiger charge is 2.18. The van der Waals surface area contributed by atoms with Crippen molar-refractivity contribution in [2.24, 2.45) is 10.9 Å². The molecule has 1 N–H and O–H groups in total. The fourth-order valence-corrected chi connectivity index (χ4v) is 2.99. The molecule has 24 heavy (non-hydrogen) atoms. The Bertz CT molecular complexity index is 519. The lowest BCUT2D eigenvalue weighted by Gasteiger charge is -2.33. The van der Waals surface area contributed by atoms with Crippen LogP contribution in [0.4, 0.5) is 0 Å². The van der Waals surface area contributed by atoms with Crippen LogP contribution < -0.4 is 5.32 Å². The van der Waals surface area contributed by atoms with Gasteiger partial charge in [0.1, 0.15) is 0 Å². The molecule has 136 valence electrons. The van der Waals surface area contributed by atoms with Crippen molar-refractivity contribution in [2.75, 3.05) is 20.1 Å². The maximum Gasteiger partial charge on any atom is 0.193 e. The molecule has 0 spiro atoms.